The van der Waals surface area contributed by atoms with E-state index in [0.29, 0.717) is 12.2 Å². The van der Waals surface area contributed by atoms with Crippen molar-refractivity contribution in [3.63, 3.8) is 0 Å². The molecule has 0 aliphatic carbocycles. The van der Waals surface area contributed by atoms with Crippen LogP contribution < -0.4 is 11.0 Å². The largest absolute Gasteiger partial charge is 0.370 e. The van der Waals surface area contributed by atoms with Crippen LogP contribution in [0.4, 0.5) is 5.82 Å². The van der Waals surface area contributed by atoms with Gasteiger partial charge in [-0.15, -0.1) is 5.10 Å². The van der Waals surface area contributed by atoms with Crippen molar-refractivity contribution in [2.45, 2.75) is 19.9 Å². The van der Waals surface area contributed by atoms with Crippen molar-refractivity contribution in [2.75, 3.05) is 11.9 Å². The van der Waals surface area contributed by atoms with E-state index in [1.807, 2.05) is 30.3 Å². The van der Waals surface area contributed by atoms with Gasteiger partial charge in [0.15, 0.2) is 5.65 Å². The molecule has 0 unspecified atom stereocenters. The van der Waals surface area contributed by atoms with Crippen molar-refractivity contribution >= 4 is 11.5 Å². The molecule has 3 aromatic heterocycles. The zero-order chi connectivity index (χ0) is 14.7. The lowest BCUT2D eigenvalue weighted by atomic mass is 10.2. The number of hydrogen-bond donors (Lipinski definition) is 1. The first kappa shape index (κ1) is 13.4. The fourth-order valence-corrected chi connectivity index (χ4v) is 2.20. The number of nitrogens with one attached hydrogen (secondary N) is 1. The van der Waals surface area contributed by atoms with Crippen LogP contribution in [0.15, 0.2) is 47.5 Å². The second-order valence-electron chi connectivity index (χ2n) is 4.81. The van der Waals surface area contributed by atoms with E-state index in [-0.39, 0.29) is 5.69 Å². The summed E-state index contributed by atoms with van der Waals surface area (Å²) in [5, 5.41) is 7.62. The Kier molecular flexibility index (Phi) is 3.68. The Labute approximate surface area is 122 Å². The van der Waals surface area contributed by atoms with E-state index in [1.54, 1.807) is 12.4 Å². The lowest BCUT2D eigenvalue weighted by molar-refractivity contribution is 0.657. The van der Waals surface area contributed by atoms with E-state index in [4.69, 9.17) is 0 Å². The van der Waals surface area contributed by atoms with E-state index >= 15 is 0 Å². The van der Waals surface area contributed by atoms with Gasteiger partial charge in [0.05, 0.1) is 6.54 Å². The van der Waals surface area contributed by atoms with Gasteiger partial charge >= 0.3 is 5.69 Å². The minimum atomic E-state index is -0.143. The molecule has 0 saturated carbocycles. The van der Waals surface area contributed by atoms with Crippen LogP contribution in [0, 0.1) is 0 Å². The number of fused-ring (bicyclic) bond motifs is 1. The van der Waals surface area contributed by atoms with Gasteiger partial charge in [-0.2, -0.15) is 0 Å². The SMILES string of the molecule is CCCNc1ncccc1Cn1nc2ccccn2c1=O. The molecular weight excluding hydrogens is 266 g/mol. The molecule has 0 spiro atoms. The molecule has 3 rings (SSSR count). The van der Waals surface area contributed by atoms with Gasteiger partial charge in [0.1, 0.15) is 5.82 Å². The van der Waals surface area contributed by atoms with Crippen molar-refractivity contribution in [3.8, 4) is 0 Å². The maximum atomic E-state index is 12.3. The van der Waals surface area contributed by atoms with Crippen molar-refractivity contribution in [1.29, 1.82) is 0 Å². The monoisotopic (exact) mass is 283 g/mol. The van der Waals surface area contributed by atoms with Gasteiger partial charge in [0.25, 0.3) is 0 Å². The molecule has 0 saturated heterocycles. The molecule has 0 amide bonds. The Morgan fingerprint density at radius 3 is 2.95 bits per heavy atom. The van der Waals surface area contributed by atoms with Crippen molar-refractivity contribution in [2.24, 2.45) is 0 Å². The van der Waals surface area contributed by atoms with Gasteiger partial charge in [-0.25, -0.2) is 14.5 Å². The van der Waals surface area contributed by atoms with Gasteiger partial charge in [-0.05, 0) is 24.6 Å². The van der Waals surface area contributed by atoms with Crippen molar-refractivity contribution < 1.29 is 0 Å². The Morgan fingerprint density at radius 2 is 2.14 bits per heavy atom. The topological polar surface area (TPSA) is 64.2 Å². The molecule has 0 atom stereocenters. The summed E-state index contributed by atoms with van der Waals surface area (Å²) >= 11 is 0. The van der Waals surface area contributed by atoms with Crippen molar-refractivity contribution in [1.82, 2.24) is 19.2 Å². The number of rotatable bonds is 5. The summed E-state index contributed by atoms with van der Waals surface area (Å²) in [5.74, 6) is 0.809. The average molecular weight is 283 g/mol. The summed E-state index contributed by atoms with van der Waals surface area (Å²) in [5.41, 5.74) is 1.46. The molecule has 3 heterocycles. The molecule has 0 radical (unpaired) electrons. The predicted octanol–water partition coefficient (Wildman–Crippen LogP) is 1.76. The number of pyridine rings is 2. The molecule has 6 heteroatoms. The van der Waals surface area contributed by atoms with Gasteiger partial charge in [0.2, 0.25) is 0 Å². The first-order valence-electron chi connectivity index (χ1n) is 7.01. The van der Waals surface area contributed by atoms with E-state index in [9.17, 15) is 4.79 Å². The van der Waals surface area contributed by atoms with Crippen LogP contribution in [0.25, 0.3) is 5.65 Å². The van der Waals surface area contributed by atoms with E-state index in [0.717, 1.165) is 24.3 Å². The van der Waals surface area contributed by atoms with E-state index in [2.05, 4.69) is 22.3 Å². The average Bonchev–Trinajstić information content (AvgIpc) is 2.83. The highest BCUT2D eigenvalue weighted by Gasteiger charge is 2.09. The Morgan fingerprint density at radius 1 is 1.24 bits per heavy atom. The molecule has 1 N–H and O–H groups in total. The Bertz CT molecular complexity index is 805. The zero-order valence-electron chi connectivity index (χ0n) is 11.9. The smallest absolute Gasteiger partial charge is 0.350 e. The lowest BCUT2D eigenvalue weighted by Crippen LogP contribution is -2.22. The normalized spacial score (nSPS) is 10.9. The maximum absolute atomic E-state index is 12.3. The second-order valence-corrected chi connectivity index (χ2v) is 4.81. The lowest BCUT2D eigenvalue weighted by Gasteiger charge is -2.09. The highest BCUT2D eigenvalue weighted by atomic mass is 16.2. The molecule has 21 heavy (non-hydrogen) atoms. The second kappa shape index (κ2) is 5.78. The first-order valence-corrected chi connectivity index (χ1v) is 7.01. The summed E-state index contributed by atoms with van der Waals surface area (Å²) in [6.07, 6.45) is 4.49. The number of aromatic nitrogens is 4. The Hall–Kier alpha value is -2.63. The predicted molar refractivity (Wildman–Crippen MR) is 81.6 cm³/mol. The van der Waals surface area contributed by atoms with Gasteiger partial charge in [0, 0.05) is 24.5 Å². The summed E-state index contributed by atoms with van der Waals surface area (Å²) in [6, 6.07) is 9.33. The van der Waals surface area contributed by atoms with Crippen LogP contribution in [0.3, 0.4) is 0 Å². The highest BCUT2D eigenvalue weighted by Crippen LogP contribution is 2.12. The summed E-state index contributed by atoms with van der Waals surface area (Å²) in [7, 11) is 0. The third-order valence-electron chi connectivity index (χ3n) is 3.24. The molecule has 0 bridgehead atoms. The third kappa shape index (κ3) is 2.65. The van der Waals surface area contributed by atoms with Crippen LogP contribution in [0.2, 0.25) is 0 Å². The Balaban J connectivity index is 1.95. The summed E-state index contributed by atoms with van der Waals surface area (Å²) in [6.45, 7) is 3.35. The van der Waals surface area contributed by atoms with Crippen LogP contribution in [0.1, 0.15) is 18.9 Å². The third-order valence-corrected chi connectivity index (χ3v) is 3.24. The standard InChI is InChI=1S/C15H17N5O/c1-2-8-16-14-12(6-5-9-17-14)11-20-15(21)19-10-4-3-7-13(19)18-20/h3-7,9-10H,2,8,11H2,1H3,(H,16,17). The minimum absolute atomic E-state index is 0.143. The molecule has 0 fully saturated rings. The summed E-state index contributed by atoms with van der Waals surface area (Å²) < 4.78 is 3.00. The molecular formula is C15H17N5O. The van der Waals surface area contributed by atoms with Crippen LogP contribution in [-0.4, -0.2) is 25.7 Å². The number of anilines is 1. The minimum Gasteiger partial charge on any atom is -0.370 e. The molecule has 0 aromatic carbocycles. The van der Waals surface area contributed by atoms with E-state index < -0.39 is 0 Å². The van der Waals surface area contributed by atoms with Crippen molar-refractivity contribution in [3.05, 3.63) is 58.8 Å². The zero-order valence-corrected chi connectivity index (χ0v) is 11.9. The number of hydrogen-bond acceptors (Lipinski definition) is 4. The van der Waals surface area contributed by atoms with Crippen LogP contribution in [0.5, 0.6) is 0 Å². The number of nitrogens with zero attached hydrogens (tertiary/aromatic N) is 4. The maximum Gasteiger partial charge on any atom is 0.350 e. The highest BCUT2D eigenvalue weighted by molar-refractivity contribution is 5.44. The quantitative estimate of drug-likeness (QED) is 0.775. The molecule has 0 aliphatic heterocycles. The van der Waals surface area contributed by atoms with Gasteiger partial charge in [-0.3, -0.25) is 4.40 Å². The van der Waals surface area contributed by atoms with Gasteiger partial charge in [-0.1, -0.05) is 19.1 Å². The molecule has 3 aromatic rings. The van der Waals surface area contributed by atoms with Crippen LogP contribution in [-0.2, 0) is 6.54 Å². The van der Waals surface area contributed by atoms with Crippen LogP contribution >= 0.6 is 0 Å². The first-order chi connectivity index (χ1) is 10.3. The molecule has 0 aliphatic rings. The summed E-state index contributed by atoms with van der Waals surface area (Å²) in [4.78, 5) is 16.6. The molecule has 108 valence electrons. The van der Waals surface area contributed by atoms with Gasteiger partial charge < -0.3 is 5.32 Å². The fourth-order valence-electron chi connectivity index (χ4n) is 2.20. The van der Waals surface area contributed by atoms with E-state index in [1.165, 1.54) is 9.08 Å². The fraction of sp³-hybridized carbons (Fsp3) is 0.267. The molecule has 6 nitrogen and oxygen atoms in total.